The smallest absolute Gasteiger partial charge is 0.201 e. The molecule has 0 aliphatic carbocycles. The first-order valence-electron chi connectivity index (χ1n) is 6.01. The zero-order valence-electron chi connectivity index (χ0n) is 11.1. The van der Waals surface area contributed by atoms with Crippen LogP contribution in [0.4, 0.5) is 17.5 Å². The van der Waals surface area contributed by atoms with Crippen LogP contribution in [-0.2, 0) is 14.1 Å². The minimum Gasteiger partial charge on any atom is -0.369 e. The standard InChI is InChI=1S/C13H13N7/c1-19-7-16-12(10(19)6-14)17-8-4-3-5-9-11(8)18-13(15)20(9)2/h3-5,7,17H,1-2H3,(H2,15,18). The number of para-hydroxylation sites is 1. The van der Waals surface area contributed by atoms with E-state index in [1.165, 1.54) is 0 Å². The average Bonchev–Trinajstić information content (AvgIpc) is 2.93. The number of nitrogens with zero attached hydrogens (tertiary/aromatic N) is 5. The summed E-state index contributed by atoms with van der Waals surface area (Å²) in [5.41, 5.74) is 8.73. The van der Waals surface area contributed by atoms with Gasteiger partial charge in [0.15, 0.2) is 11.5 Å². The predicted octanol–water partition coefficient (Wildman–Crippen LogP) is 1.50. The van der Waals surface area contributed by atoms with Crippen LogP contribution < -0.4 is 11.1 Å². The first-order valence-corrected chi connectivity index (χ1v) is 6.01. The van der Waals surface area contributed by atoms with Crippen molar-refractivity contribution in [3.8, 4) is 6.07 Å². The number of imidazole rings is 2. The van der Waals surface area contributed by atoms with Crippen LogP contribution in [0.2, 0.25) is 0 Å². The van der Waals surface area contributed by atoms with Crippen LogP contribution in [0.1, 0.15) is 5.69 Å². The summed E-state index contributed by atoms with van der Waals surface area (Å²) in [4.78, 5) is 8.51. The summed E-state index contributed by atoms with van der Waals surface area (Å²) in [6, 6.07) is 7.84. The number of hydrogen-bond donors (Lipinski definition) is 2. The van der Waals surface area contributed by atoms with Crippen molar-refractivity contribution in [1.82, 2.24) is 19.1 Å². The molecule has 0 spiro atoms. The monoisotopic (exact) mass is 267 g/mol. The van der Waals surface area contributed by atoms with E-state index in [1.54, 1.807) is 17.9 Å². The number of fused-ring (bicyclic) bond motifs is 1. The van der Waals surface area contributed by atoms with Gasteiger partial charge in [0.05, 0.1) is 17.5 Å². The third-order valence-corrected chi connectivity index (χ3v) is 3.24. The van der Waals surface area contributed by atoms with Gasteiger partial charge >= 0.3 is 0 Å². The van der Waals surface area contributed by atoms with Crippen molar-refractivity contribution in [2.24, 2.45) is 14.1 Å². The minimum atomic E-state index is 0.441. The van der Waals surface area contributed by atoms with Crippen molar-refractivity contribution >= 4 is 28.5 Å². The summed E-state index contributed by atoms with van der Waals surface area (Å²) in [7, 11) is 3.63. The van der Waals surface area contributed by atoms with Gasteiger partial charge in [0.25, 0.3) is 0 Å². The maximum atomic E-state index is 9.14. The summed E-state index contributed by atoms with van der Waals surface area (Å²) >= 11 is 0. The number of aromatic nitrogens is 4. The first kappa shape index (κ1) is 12.0. The van der Waals surface area contributed by atoms with Gasteiger partial charge in [0.1, 0.15) is 11.6 Å². The molecule has 0 aliphatic rings. The summed E-state index contributed by atoms with van der Waals surface area (Å²) in [5, 5.41) is 12.3. The zero-order valence-corrected chi connectivity index (χ0v) is 11.1. The number of nitrogens with one attached hydrogen (secondary N) is 1. The van der Waals surface area contributed by atoms with E-state index in [4.69, 9.17) is 11.0 Å². The van der Waals surface area contributed by atoms with Gasteiger partial charge in [-0.3, -0.25) is 0 Å². The number of anilines is 3. The Morgan fingerprint density at radius 2 is 2.15 bits per heavy atom. The molecule has 0 atom stereocenters. The Kier molecular flexibility index (Phi) is 2.57. The second-order valence-electron chi connectivity index (χ2n) is 4.49. The topological polar surface area (TPSA) is 97.5 Å². The van der Waals surface area contributed by atoms with Crippen LogP contribution in [0.25, 0.3) is 11.0 Å². The van der Waals surface area contributed by atoms with Crippen molar-refractivity contribution in [3.63, 3.8) is 0 Å². The molecule has 3 rings (SSSR count). The van der Waals surface area contributed by atoms with E-state index in [9.17, 15) is 0 Å². The molecule has 7 nitrogen and oxygen atoms in total. The van der Waals surface area contributed by atoms with Gasteiger partial charge < -0.3 is 20.2 Å². The molecule has 0 radical (unpaired) electrons. The molecule has 0 amide bonds. The van der Waals surface area contributed by atoms with Gasteiger partial charge in [-0.25, -0.2) is 9.97 Å². The maximum Gasteiger partial charge on any atom is 0.201 e. The molecule has 3 N–H and O–H groups in total. The lowest BCUT2D eigenvalue weighted by Gasteiger charge is -2.05. The molecule has 0 fully saturated rings. The normalized spacial score (nSPS) is 10.7. The Labute approximate surface area is 115 Å². The Morgan fingerprint density at radius 3 is 2.90 bits per heavy atom. The maximum absolute atomic E-state index is 9.14. The molecular weight excluding hydrogens is 254 g/mol. The third-order valence-electron chi connectivity index (χ3n) is 3.24. The number of aryl methyl sites for hydroxylation is 2. The van der Waals surface area contributed by atoms with Crippen LogP contribution in [0, 0.1) is 11.3 Å². The molecule has 20 heavy (non-hydrogen) atoms. The van der Waals surface area contributed by atoms with Crippen LogP contribution in [0.3, 0.4) is 0 Å². The Bertz CT molecular complexity index is 834. The van der Waals surface area contributed by atoms with Crippen LogP contribution in [0.5, 0.6) is 0 Å². The summed E-state index contributed by atoms with van der Waals surface area (Å²) in [6.45, 7) is 0. The second kappa shape index (κ2) is 4.28. The molecule has 0 saturated heterocycles. The lowest BCUT2D eigenvalue weighted by Crippen LogP contribution is -1.97. The van der Waals surface area contributed by atoms with E-state index in [-0.39, 0.29) is 0 Å². The van der Waals surface area contributed by atoms with Gasteiger partial charge in [-0.15, -0.1) is 0 Å². The number of nitriles is 1. The second-order valence-corrected chi connectivity index (χ2v) is 4.49. The number of rotatable bonds is 2. The average molecular weight is 267 g/mol. The van der Waals surface area contributed by atoms with E-state index >= 15 is 0 Å². The third kappa shape index (κ3) is 1.66. The highest BCUT2D eigenvalue weighted by Crippen LogP contribution is 2.27. The summed E-state index contributed by atoms with van der Waals surface area (Å²) in [5.74, 6) is 0.947. The van der Waals surface area contributed by atoms with E-state index in [2.05, 4.69) is 21.4 Å². The van der Waals surface area contributed by atoms with Gasteiger partial charge in [-0.2, -0.15) is 5.26 Å². The van der Waals surface area contributed by atoms with Gasteiger partial charge in [0, 0.05) is 14.1 Å². The van der Waals surface area contributed by atoms with Crippen molar-refractivity contribution in [3.05, 3.63) is 30.2 Å². The quantitative estimate of drug-likeness (QED) is 0.733. The van der Waals surface area contributed by atoms with Crippen molar-refractivity contribution in [1.29, 1.82) is 5.26 Å². The molecule has 0 unspecified atom stereocenters. The number of benzene rings is 1. The fourth-order valence-electron chi connectivity index (χ4n) is 2.11. The molecule has 0 saturated carbocycles. The van der Waals surface area contributed by atoms with Gasteiger partial charge in [-0.1, -0.05) is 6.07 Å². The molecule has 0 aliphatic heterocycles. The largest absolute Gasteiger partial charge is 0.369 e. The zero-order chi connectivity index (χ0) is 14.3. The van der Waals surface area contributed by atoms with E-state index in [0.717, 1.165) is 16.7 Å². The van der Waals surface area contributed by atoms with Crippen LogP contribution >= 0.6 is 0 Å². The molecule has 3 aromatic rings. The molecule has 0 bridgehead atoms. The van der Waals surface area contributed by atoms with Crippen molar-refractivity contribution in [2.75, 3.05) is 11.1 Å². The minimum absolute atomic E-state index is 0.441. The highest BCUT2D eigenvalue weighted by molar-refractivity contribution is 5.92. The fraction of sp³-hybridized carbons (Fsp3) is 0.154. The highest BCUT2D eigenvalue weighted by Gasteiger charge is 2.13. The molecule has 2 aromatic heterocycles. The number of nitrogens with two attached hydrogens (primary N) is 1. The lowest BCUT2D eigenvalue weighted by atomic mass is 10.2. The van der Waals surface area contributed by atoms with Gasteiger partial charge in [-0.05, 0) is 12.1 Å². The van der Waals surface area contributed by atoms with Gasteiger partial charge in [0.2, 0.25) is 5.95 Å². The van der Waals surface area contributed by atoms with Crippen LogP contribution in [-0.4, -0.2) is 19.1 Å². The van der Waals surface area contributed by atoms with E-state index in [1.807, 2.05) is 29.8 Å². The molecule has 100 valence electrons. The van der Waals surface area contributed by atoms with Crippen molar-refractivity contribution in [2.45, 2.75) is 0 Å². The molecule has 1 aromatic carbocycles. The Balaban J connectivity index is 2.12. The molecule has 7 heteroatoms. The van der Waals surface area contributed by atoms with Crippen LogP contribution in [0.15, 0.2) is 24.5 Å². The number of nitrogen functional groups attached to an aromatic ring is 1. The number of hydrogen-bond acceptors (Lipinski definition) is 5. The fourth-order valence-corrected chi connectivity index (χ4v) is 2.11. The molecule has 2 heterocycles. The van der Waals surface area contributed by atoms with E-state index in [0.29, 0.717) is 17.5 Å². The highest BCUT2D eigenvalue weighted by atomic mass is 15.2. The lowest BCUT2D eigenvalue weighted by molar-refractivity contribution is 0.897. The Hall–Kier alpha value is -3.01. The summed E-state index contributed by atoms with van der Waals surface area (Å²) in [6.07, 6.45) is 1.59. The van der Waals surface area contributed by atoms with Crippen molar-refractivity contribution < 1.29 is 0 Å². The SMILES string of the molecule is Cn1cnc(Nc2cccc3c2nc(N)n3C)c1C#N. The molecular formula is C13H13N7. The summed E-state index contributed by atoms with van der Waals surface area (Å²) < 4.78 is 3.47. The van der Waals surface area contributed by atoms with E-state index < -0.39 is 0 Å². The Morgan fingerprint density at radius 1 is 1.35 bits per heavy atom. The predicted molar refractivity (Wildman–Crippen MR) is 76.3 cm³/mol. The first-order chi connectivity index (χ1) is 9.61.